The minimum absolute atomic E-state index is 0.0940. The average molecular weight is 241 g/mol. The molecule has 1 aliphatic carbocycles. The van der Waals surface area contributed by atoms with Gasteiger partial charge in [0.2, 0.25) is 0 Å². The van der Waals surface area contributed by atoms with Crippen molar-refractivity contribution >= 4 is 0 Å². The van der Waals surface area contributed by atoms with Crippen LogP contribution in [-0.2, 0) is 4.74 Å². The van der Waals surface area contributed by atoms with Crippen LogP contribution in [0.4, 0.5) is 0 Å². The van der Waals surface area contributed by atoms with Gasteiger partial charge < -0.3 is 14.7 Å². The number of aliphatic hydroxyl groups excluding tert-OH is 1. The first-order chi connectivity index (χ1) is 8.27. The Bertz CT molecular complexity index is 216. The van der Waals surface area contributed by atoms with E-state index in [1.807, 2.05) is 0 Å². The normalized spacial score (nSPS) is 31.9. The van der Waals surface area contributed by atoms with Crippen LogP contribution in [0.3, 0.4) is 0 Å². The molecule has 0 spiro atoms. The van der Waals surface area contributed by atoms with Gasteiger partial charge in [0, 0.05) is 19.3 Å². The zero-order valence-corrected chi connectivity index (χ0v) is 11.1. The largest absolute Gasteiger partial charge is 0.391 e. The van der Waals surface area contributed by atoms with Crippen molar-refractivity contribution in [1.29, 1.82) is 0 Å². The molecule has 17 heavy (non-hydrogen) atoms. The van der Waals surface area contributed by atoms with Crippen LogP contribution in [0.15, 0.2) is 0 Å². The molecule has 0 radical (unpaired) electrons. The summed E-state index contributed by atoms with van der Waals surface area (Å²) in [5.74, 6) is 0.840. The number of ether oxygens (including phenoxy) is 1. The van der Waals surface area contributed by atoms with Crippen LogP contribution in [0.2, 0.25) is 0 Å². The van der Waals surface area contributed by atoms with Crippen LogP contribution in [0.5, 0.6) is 0 Å². The van der Waals surface area contributed by atoms with Crippen molar-refractivity contribution in [3.8, 4) is 0 Å². The molecule has 0 bridgehead atoms. The highest BCUT2D eigenvalue weighted by Crippen LogP contribution is 2.24. The van der Waals surface area contributed by atoms with Gasteiger partial charge in [0.1, 0.15) is 0 Å². The maximum absolute atomic E-state index is 10.0. The predicted octanol–water partition coefficient (Wildman–Crippen LogP) is 2.04. The highest BCUT2D eigenvalue weighted by atomic mass is 16.5. The Morgan fingerprint density at radius 2 is 1.82 bits per heavy atom. The number of aliphatic hydroxyl groups is 1. The van der Waals surface area contributed by atoms with Crippen LogP contribution in [0.1, 0.15) is 44.9 Å². The van der Waals surface area contributed by atoms with Crippen molar-refractivity contribution in [2.45, 2.75) is 57.1 Å². The third-order valence-electron chi connectivity index (χ3n) is 4.49. The van der Waals surface area contributed by atoms with E-state index in [1.54, 1.807) is 0 Å². The van der Waals surface area contributed by atoms with Gasteiger partial charge >= 0.3 is 0 Å². The number of rotatable bonds is 4. The van der Waals surface area contributed by atoms with Crippen LogP contribution in [-0.4, -0.2) is 49.0 Å². The predicted molar refractivity (Wildman–Crippen MR) is 69.1 cm³/mol. The van der Waals surface area contributed by atoms with Crippen LogP contribution < -0.4 is 0 Å². The van der Waals surface area contributed by atoms with Gasteiger partial charge in [-0.05, 0) is 51.6 Å². The average Bonchev–Trinajstić information content (AvgIpc) is 2.38. The summed E-state index contributed by atoms with van der Waals surface area (Å²) in [4.78, 5) is 2.39. The number of hydrogen-bond acceptors (Lipinski definition) is 3. The molecule has 1 N–H and O–H groups in total. The molecule has 2 atom stereocenters. The van der Waals surface area contributed by atoms with Crippen LogP contribution in [0, 0.1) is 5.92 Å². The first-order valence-corrected chi connectivity index (χ1v) is 7.23. The second-order valence-electron chi connectivity index (χ2n) is 5.74. The van der Waals surface area contributed by atoms with Crippen molar-refractivity contribution < 1.29 is 9.84 Å². The van der Waals surface area contributed by atoms with E-state index in [0.29, 0.717) is 6.04 Å². The van der Waals surface area contributed by atoms with Gasteiger partial charge in [0.05, 0.1) is 6.10 Å². The fourth-order valence-corrected chi connectivity index (χ4v) is 3.19. The molecular formula is C14H27NO2. The molecule has 1 saturated carbocycles. The molecule has 0 aromatic rings. The van der Waals surface area contributed by atoms with Gasteiger partial charge in [-0.25, -0.2) is 0 Å². The van der Waals surface area contributed by atoms with E-state index >= 15 is 0 Å². The van der Waals surface area contributed by atoms with Crippen molar-refractivity contribution in [3.63, 3.8) is 0 Å². The molecule has 1 heterocycles. The second-order valence-corrected chi connectivity index (χ2v) is 5.74. The highest BCUT2D eigenvalue weighted by molar-refractivity contribution is 4.81. The zero-order chi connectivity index (χ0) is 12.1. The molecule has 2 rings (SSSR count). The Balaban J connectivity index is 1.70. The fourth-order valence-electron chi connectivity index (χ4n) is 3.19. The van der Waals surface area contributed by atoms with E-state index in [0.717, 1.165) is 32.1 Å². The smallest absolute Gasteiger partial charge is 0.0695 e. The number of likely N-dealkylation sites (N-methyl/N-ethyl adjacent to an activating group) is 1. The van der Waals surface area contributed by atoms with E-state index in [-0.39, 0.29) is 6.10 Å². The van der Waals surface area contributed by atoms with Crippen LogP contribution in [0.25, 0.3) is 0 Å². The van der Waals surface area contributed by atoms with Gasteiger partial charge in [-0.1, -0.05) is 12.8 Å². The van der Waals surface area contributed by atoms with Gasteiger partial charge in [0.15, 0.2) is 0 Å². The maximum atomic E-state index is 10.0. The molecule has 2 fully saturated rings. The minimum Gasteiger partial charge on any atom is -0.391 e. The lowest BCUT2D eigenvalue weighted by Gasteiger charge is -2.36. The van der Waals surface area contributed by atoms with E-state index in [1.165, 1.54) is 38.5 Å². The third kappa shape index (κ3) is 3.94. The molecule has 1 aliphatic heterocycles. The Hall–Kier alpha value is -0.120. The van der Waals surface area contributed by atoms with Crippen LogP contribution >= 0.6 is 0 Å². The van der Waals surface area contributed by atoms with Gasteiger partial charge in [0.25, 0.3) is 0 Å². The zero-order valence-electron chi connectivity index (χ0n) is 11.1. The monoisotopic (exact) mass is 241 g/mol. The molecule has 3 heteroatoms. The number of hydrogen-bond donors (Lipinski definition) is 1. The SMILES string of the molecule is CN(CCC1CCOCC1)[C@H]1CCCC[C@@H]1O. The summed E-state index contributed by atoms with van der Waals surface area (Å²) < 4.78 is 5.39. The highest BCUT2D eigenvalue weighted by Gasteiger charge is 2.26. The van der Waals surface area contributed by atoms with E-state index in [4.69, 9.17) is 4.74 Å². The lowest BCUT2D eigenvalue weighted by atomic mass is 9.90. The topological polar surface area (TPSA) is 32.7 Å². The van der Waals surface area contributed by atoms with Gasteiger partial charge in [-0.2, -0.15) is 0 Å². The van der Waals surface area contributed by atoms with Gasteiger partial charge in [-0.3, -0.25) is 0 Å². The molecule has 0 aromatic heterocycles. The Labute approximate surface area is 105 Å². The lowest BCUT2D eigenvalue weighted by molar-refractivity contribution is 0.0228. The van der Waals surface area contributed by atoms with E-state index in [2.05, 4.69) is 11.9 Å². The summed E-state index contributed by atoms with van der Waals surface area (Å²) in [5.41, 5.74) is 0. The maximum Gasteiger partial charge on any atom is 0.0695 e. The summed E-state index contributed by atoms with van der Waals surface area (Å²) >= 11 is 0. The quantitative estimate of drug-likeness (QED) is 0.817. The summed E-state index contributed by atoms with van der Waals surface area (Å²) in [6, 6.07) is 0.406. The third-order valence-corrected chi connectivity index (χ3v) is 4.49. The standard InChI is InChI=1S/C14H27NO2/c1-15(13-4-2-3-5-14(13)16)9-6-12-7-10-17-11-8-12/h12-14,16H,2-11H2,1H3/t13-,14-/m0/s1. The van der Waals surface area contributed by atoms with Crippen molar-refractivity contribution in [3.05, 3.63) is 0 Å². The Morgan fingerprint density at radius 3 is 2.53 bits per heavy atom. The van der Waals surface area contributed by atoms with E-state index < -0.39 is 0 Å². The van der Waals surface area contributed by atoms with Crippen molar-refractivity contribution in [1.82, 2.24) is 4.90 Å². The number of nitrogens with zero attached hydrogens (tertiary/aromatic N) is 1. The summed E-state index contributed by atoms with van der Waals surface area (Å²) in [6.07, 6.45) is 8.26. The molecule has 0 aromatic carbocycles. The lowest BCUT2D eigenvalue weighted by Crippen LogP contribution is -2.44. The van der Waals surface area contributed by atoms with Gasteiger partial charge in [-0.15, -0.1) is 0 Å². The molecule has 0 unspecified atom stereocenters. The fraction of sp³-hybridized carbons (Fsp3) is 1.00. The first-order valence-electron chi connectivity index (χ1n) is 7.23. The molecule has 100 valence electrons. The second kappa shape index (κ2) is 6.72. The molecule has 2 aliphatic rings. The summed E-state index contributed by atoms with van der Waals surface area (Å²) in [5, 5.41) is 10.0. The minimum atomic E-state index is -0.0940. The Morgan fingerprint density at radius 1 is 1.12 bits per heavy atom. The summed E-state index contributed by atoms with van der Waals surface area (Å²) in [7, 11) is 2.18. The van der Waals surface area contributed by atoms with Crippen molar-refractivity contribution in [2.24, 2.45) is 5.92 Å². The summed E-state index contributed by atoms with van der Waals surface area (Å²) in [6.45, 7) is 3.02. The molecule has 0 amide bonds. The molecule has 3 nitrogen and oxygen atoms in total. The molecular weight excluding hydrogens is 214 g/mol. The molecule has 1 saturated heterocycles. The van der Waals surface area contributed by atoms with E-state index in [9.17, 15) is 5.11 Å². The first kappa shape index (κ1) is 13.3. The Kier molecular flexibility index (Phi) is 5.26. The van der Waals surface area contributed by atoms with Crippen molar-refractivity contribution in [2.75, 3.05) is 26.8 Å².